The van der Waals surface area contributed by atoms with Crippen LogP contribution < -0.4 is 9.47 Å². The van der Waals surface area contributed by atoms with E-state index in [-0.39, 0.29) is 23.6 Å². The summed E-state index contributed by atoms with van der Waals surface area (Å²) in [5, 5.41) is 0. The summed E-state index contributed by atoms with van der Waals surface area (Å²) in [5.41, 5.74) is 1.68. The Morgan fingerprint density at radius 1 is 0.824 bits per heavy atom. The monoisotopic (exact) mass is 459 g/mol. The summed E-state index contributed by atoms with van der Waals surface area (Å²) in [4.78, 5) is 51.5. The molecule has 0 atom stereocenters. The number of methoxy groups -OCH3 is 2. The van der Waals surface area contributed by atoms with Crippen molar-refractivity contribution in [2.24, 2.45) is 0 Å². The van der Waals surface area contributed by atoms with Gasteiger partial charge in [0.1, 0.15) is 17.1 Å². The molecule has 3 aromatic rings. The van der Waals surface area contributed by atoms with Gasteiger partial charge in [-0.3, -0.25) is 19.3 Å². The number of Topliss-reactive ketones (excluding diaryl/α,β-unsaturated/α-hetero) is 1. The molecule has 0 bridgehead atoms. The zero-order valence-corrected chi connectivity index (χ0v) is 18.6. The summed E-state index contributed by atoms with van der Waals surface area (Å²) in [6.45, 7) is -0.488. The molecule has 0 spiro atoms. The fraction of sp³-hybridized carbons (Fsp3) is 0.154. The Morgan fingerprint density at radius 2 is 1.47 bits per heavy atom. The van der Waals surface area contributed by atoms with Crippen molar-refractivity contribution in [3.05, 3.63) is 94.5 Å². The number of hydrogen-bond donors (Lipinski definition) is 0. The van der Waals surface area contributed by atoms with Gasteiger partial charge in [-0.1, -0.05) is 18.2 Å². The highest BCUT2D eigenvalue weighted by molar-refractivity contribution is 6.21. The number of hydrogen-bond acceptors (Lipinski definition) is 7. The predicted octanol–water partition coefficient (Wildman–Crippen LogP) is 3.54. The number of esters is 1. The van der Waals surface area contributed by atoms with Gasteiger partial charge in [-0.2, -0.15) is 0 Å². The molecule has 8 nitrogen and oxygen atoms in total. The van der Waals surface area contributed by atoms with E-state index in [1.807, 2.05) is 0 Å². The third-order valence-corrected chi connectivity index (χ3v) is 5.45. The molecule has 0 radical (unpaired) electrons. The van der Waals surface area contributed by atoms with E-state index < -0.39 is 24.4 Å². The minimum atomic E-state index is -0.761. The van der Waals surface area contributed by atoms with Crippen molar-refractivity contribution in [2.75, 3.05) is 20.8 Å². The molecule has 0 fully saturated rings. The van der Waals surface area contributed by atoms with Crippen molar-refractivity contribution in [2.45, 2.75) is 6.54 Å². The number of imide groups is 1. The number of ether oxygens (including phenoxy) is 3. The summed E-state index contributed by atoms with van der Waals surface area (Å²) in [7, 11) is 2.92. The number of rotatable bonds is 8. The molecule has 8 heteroatoms. The molecule has 1 aliphatic rings. The molecule has 4 rings (SSSR count). The molecule has 0 unspecified atom stereocenters. The zero-order chi connectivity index (χ0) is 24.2. The van der Waals surface area contributed by atoms with Crippen LogP contribution in [0.2, 0.25) is 0 Å². The van der Waals surface area contributed by atoms with Crippen LogP contribution in [0.4, 0.5) is 0 Å². The minimum Gasteiger partial charge on any atom is -0.497 e. The summed E-state index contributed by atoms with van der Waals surface area (Å²) < 4.78 is 15.5. The lowest BCUT2D eigenvalue weighted by molar-refractivity contribution is 0.0471. The Kier molecular flexibility index (Phi) is 6.40. The van der Waals surface area contributed by atoms with Gasteiger partial charge in [0.05, 0.1) is 31.9 Å². The van der Waals surface area contributed by atoms with Gasteiger partial charge in [-0.15, -0.1) is 0 Å². The standard InChI is InChI=1S/C26H21NO7/c1-32-18-10-8-17(9-11-18)22(28)15-34-26(31)21-13-16(7-12-23(21)33-2)14-27-24(29)19-5-3-4-6-20(19)25(27)30/h3-13H,14-15H2,1-2H3. The number of nitrogens with zero attached hydrogens (tertiary/aromatic N) is 1. The third kappa shape index (κ3) is 4.38. The van der Waals surface area contributed by atoms with Gasteiger partial charge in [0, 0.05) is 5.56 Å². The van der Waals surface area contributed by atoms with Gasteiger partial charge in [0.15, 0.2) is 12.4 Å². The van der Waals surface area contributed by atoms with E-state index in [4.69, 9.17) is 14.2 Å². The molecule has 3 aromatic carbocycles. The fourth-order valence-corrected chi connectivity index (χ4v) is 3.65. The Bertz CT molecular complexity index is 1250. The molecule has 2 amide bonds. The van der Waals surface area contributed by atoms with E-state index in [9.17, 15) is 19.2 Å². The van der Waals surface area contributed by atoms with E-state index in [0.717, 1.165) is 4.90 Å². The van der Waals surface area contributed by atoms with Gasteiger partial charge in [0.2, 0.25) is 0 Å². The molecule has 1 heterocycles. The molecular formula is C26H21NO7. The maximum Gasteiger partial charge on any atom is 0.342 e. The van der Waals surface area contributed by atoms with Crippen molar-refractivity contribution in [1.29, 1.82) is 0 Å². The summed E-state index contributed by atoms with van der Waals surface area (Å²) in [5.74, 6) is -1.09. The second-order valence-corrected chi connectivity index (χ2v) is 7.50. The van der Waals surface area contributed by atoms with Crippen molar-refractivity contribution in [3.63, 3.8) is 0 Å². The normalized spacial score (nSPS) is 12.4. The SMILES string of the molecule is COc1ccc(C(=O)COC(=O)c2cc(CN3C(=O)c4ccccc4C3=O)ccc2OC)cc1. The number of carbonyl (C=O) groups is 4. The van der Waals surface area contributed by atoms with Crippen molar-refractivity contribution < 1.29 is 33.4 Å². The highest BCUT2D eigenvalue weighted by atomic mass is 16.5. The van der Waals surface area contributed by atoms with E-state index in [0.29, 0.717) is 28.0 Å². The summed E-state index contributed by atoms with van der Waals surface area (Å²) >= 11 is 0. The molecule has 172 valence electrons. The molecule has 0 aromatic heterocycles. The van der Waals surface area contributed by atoms with Gasteiger partial charge >= 0.3 is 5.97 Å². The third-order valence-electron chi connectivity index (χ3n) is 5.45. The number of benzene rings is 3. The quantitative estimate of drug-likeness (QED) is 0.289. The number of ketones is 1. The molecule has 0 N–H and O–H groups in total. The Morgan fingerprint density at radius 3 is 2.06 bits per heavy atom. The van der Waals surface area contributed by atoms with Gasteiger partial charge in [0.25, 0.3) is 11.8 Å². The lowest BCUT2D eigenvalue weighted by atomic mass is 10.1. The van der Waals surface area contributed by atoms with Crippen LogP contribution in [0, 0.1) is 0 Å². The molecule has 1 aliphatic heterocycles. The van der Waals surface area contributed by atoms with Crippen LogP contribution in [0.1, 0.15) is 47.0 Å². The van der Waals surface area contributed by atoms with E-state index in [1.165, 1.54) is 20.3 Å². The van der Waals surface area contributed by atoms with Crippen LogP contribution >= 0.6 is 0 Å². The summed E-state index contributed by atoms with van der Waals surface area (Å²) in [6.07, 6.45) is 0. The minimum absolute atomic E-state index is 0.0264. The van der Waals surface area contributed by atoms with Gasteiger partial charge < -0.3 is 14.2 Å². The van der Waals surface area contributed by atoms with Crippen LogP contribution in [0.5, 0.6) is 11.5 Å². The Balaban J connectivity index is 1.48. The lowest BCUT2D eigenvalue weighted by Crippen LogP contribution is -2.29. The second kappa shape index (κ2) is 9.58. The van der Waals surface area contributed by atoms with Crippen molar-refractivity contribution in [1.82, 2.24) is 4.90 Å². The van der Waals surface area contributed by atoms with Crippen molar-refractivity contribution in [3.8, 4) is 11.5 Å². The maximum atomic E-state index is 12.7. The molecule has 0 saturated heterocycles. The highest BCUT2D eigenvalue weighted by Gasteiger charge is 2.35. The molecule has 0 aliphatic carbocycles. The lowest BCUT2D eigenvalue weighted by Gasteiger charge is -2.16. The topological polar surface area (TPSA) is 99.2 Å². The first kappa shape index (κ1) is 22.7. The van der Waals surface area contributed by atoms with Crippen molar-refractivity contribution >= 4 is 23.6 Å². The molecule has 0 saturated carbocycles. The van der Waals surface area contributed by atoms with Gasteiger partial charge in [-0.05, 0) is 54.1 Å². The largest absolute Gasteiger partial charge is 0.497 e. The van der Waals surface area contributed by atoms with E-state index in [1.54, 1.807) is 60.7 Å². The maximum absolute atomic E-state index is 12.7. The number of amides is 2. The van der Waals surface area contributed by atoms with Crippen LogP contribution in [-0.4, -0.2) is 49.3 Å². The average Bonchev–Trinajstić information content (AvgIpc) is 3.12. The van der Waals surface area contributed by atoms with Crippen LogP contribution in [-0.2, 0) is 11.3 Å². The van der Waals surface area contributed by atoms with Crippen LogP contribution in [0.3, 0.4) is 0 Å². The predicted molar refractivity (Wildman–Crippen MR) is 121 cm³/mol. The first-order valence-electron chi connectivity index (χ1n) is 10.4. The van der Waals surface area contributed by atoms with Gasteiger partial charge in [-0.25, -0.2) is 4.79 Å². The molecular weight excluding hydrogens is 438 g/mol. The fourth-order valence-electron chi connectivity index (χ4n) is 3.65. The zero-order valence-electron chi connectivity index (χ0n) is 18.6. The molecule has 34 heavy (non-hydrogen) atoms. The first-order chi connectivity index (χ1) is 16.4. The van der Waals surface area contributed by atoms with E-state index in [2.05, 4.69) is 0 Å². The Labute approximate surface area is 195 Å². The summed E-state index contributed by atoms with van der Waals surface area (Å²) in [6, 6.07) is 17.7. The smallest absolute Gasteiger partial charge is 0.342 e. The second-order valence-electron chi connectivity index (χ2n) is 7.50. The average molecular weight is 459 g/mol. The Hall–Kier alpha value is -4.46. The first-order valence-corrected chi connectivity index (χ1v) is 10.4. The van der Waals surface area contributed by atoms with Crippen LogP contribution in [0.15, 0.2) is 66.7 Å². The highest BCUT2D eigenvalue weighted by Crippen LogP contribution is 2.27. The van der Waals surface area contributed by atoms with Crippen LogP contribution in [0.25, 0.3) is 0 Å². The number of carbonyl (C=O) groups excluding carboxylic acids is 4. The van der Waals surface area contributed by atoms with E-state index >= 15 is 0 Å². The number of fused-ring (bicyclic) bond motifs is 1.